The molecule has 0 aliphatic carbocycles. The average molecular weight is 360 g/mol. The van der Waals surface area contributed by atoms with Crippen molar-refractivity contribution in [2.75, 3.05) is 6.61 Å². The Morgan fingerprint density at radius 1 is 1.50 bits per heavy atom. The van der Waals surface area contributed by atoms with Gasteiger partial charge in [0.05, 0.1) is 17.8 Å². The third-order valence-electron chi connectivity index (χ3n) is 3.13. The quantitative estimate of drug-likeness (QED) is 0.613. The maximum Gasteiger partial charge on any atom is 0.339 e. The lowest BCUT2D eigenvalue weighted by atomic mass is 10.1. The highest BCUT2D eigenvalue weighted by Gasteiger charge is 2.23. The van der Waals surface area contributed by atoms with Gasteiger partial charge >= 0.3 is 5.97 Å². The summed E-state index contributed by atoms with van der Waals surface area (Å²) in [4.78, 5) is 12.0. The molecule has 1 heterocycles. The first-order chi connectivity index (χ1) is 8.58. The van der Waals surface area contributed by atoms with Crippen LogP contribution < -0.4 is 0 Å². The van der Waals surface area contributed by atoms with Crippen molar-refractivity contribution in [3.63, 3.8) is 0 Å². The van der Waals surface area contributed by atoms with Crippen molar-refractivity contribution in [2.24, 2.45) is 0 Å². The summed E-state index contributed by atoms with van der Waals surface area (Å²) < 4.78 is 11.9. The highest BCUT2D eigenvalue weighted by Crippen LogP contribution is 2.21. The van der Waals surface area contributed by atoms with Crippen molar-refractivity contribution < 1.29 is 14.3 Å². The van der Waals surface area contributed by atoms with Crippen LogP contribution in [0.1, 0.15) is 35.7 Å². The largest absolute Gasteiger partial charge is 0.459 e. The first-order valence-corrected chi connectivity index (χ1v) is 7.23. The summed E-state index contributed by atoms with van der Waals surface area (Å²) in [6.45, 7) is 4.39. The zero-order chi connectivity index (χ0) is 13.1. The Hall–Kier alpha value is -0.620. The van der Waals surface area contributed by atoms with Gasteiger partial charge in [0.2, 0.25) is 0 Å². The third kappa shape index (κ3) is 3.23. The standard InChI is InChI=1S/C14H17IO3/c1-9-4-3-5-12(13(9)15)14(16)17-8-11-7-6-10(2)18-11/h3-5,10-11H,6-8H2,1-2H3/t10-,11-/m0/s1. The van der Waals surface area contributed by atoms with E-state index in [1.54, 1.807) is 6.07 Å². The first-order valence-electron chi connectivity index (χ1n) is 6.15. The molecule has 1 saturated heterocycles. The van der Waals surface area contributed by atoms with Crippen molar-refractivity contribution in [2.45, 2.75) is 38.9 Å². The van der Waals surface area contributed by atoms with Crippen LogP contribution in [0.4, 0.5) is 0 Å². The molecule has 0 amide bonds. The van der Waals surface area contributed by atoms with Crippen LogP contribution in [-0.2, 0) is 9.47 Å². The molecule has 1 aromatic rings. The number of benzene rings is 1. The predicted molar refractivity (Wildman–Crippen MR) is 77.7 cm³/mol. The van der Waals surface area contributed by atoms with Gasteiger partial charge in [-0.2, -0.15) is 0 Å². The number of rotatable bonds is 3. The van der Waals surface area contributed by atoms with E-state index in [1.165, 1.54) is 0 Å². The van der Waals surface area contributed by atoms with E-state index in [9.17, 15) is 4.79 Å². The maximum atomic E-state index is 12.0. The van der Waals surface area contributed by atoms with Gasteiger partial charge in [-0.15, -0.1) is 0 Å². The summed E-state index contributed by atoms with van der Waals surface area (Å²) in [5, 5.41) is 0. The zero-order valence-electron chi connectivity index (χ0n) is 10.6. The average Bonchev–Trinajstić information content (AvgIpc) is 2.76. The van der Waals surface area contributed by atoms with Crippen LogP contribution in [0, 0.1) is 10.5 Å². The lowest BCUT2D eigenvalue weighted by molar-refractivity contribution is -0.00272. The summed E-state index contributed by atoms with van der Waals surface area (Å²) in [7, 11) is 0. The fraction of sp³-hybridized carbons (Fsp3) is 0.500. The van der Waals surface area contributed by atoms with Crippen LogP contribution >= 0.6 is 22.6 Å². The molecule has 0 aromatic heterocycles. The Kier molecular flexibility index (Phi) is 4.61. The molecule has 0 unspecified atom stereocenters. The third-order valence-corrected chi connectivity index (χ3v) is 4.56. The summed E-state index contributed by atoms with van der Waals surface area (Å²) in [6.07, 6.45) is 2.36. The van der Waals surface area contributed by atoms with Crippen molar-refractivity contribution in [3.05, 3.63) is 32.9 Å². The number of hydrogen-bond acceptors (Lipinski definition) is 3. The minimum Gasteiger partial charge on any atom is -0.459 e. The lowest BCUT2D eigenvalue weighted by Crippen LogP contribution is -2.19. The molecule has 4 heteroatoms. The highest BCUT2D eigenvalue weighted by molar-refractivity contribution is 14.1. The molecule has 0 N–H and O–H groups in total. The fourth-order valence-corrected chi connectivity index (χ4v) is 2.64. The molecule has 3 nitrogen and oxygen atoms in total. The number of hydrogen-bond donors (Lipinski definition) is 0. The topological polar surface area (TPSA) is 35.5 Å². The summed E-state index contributed by atoms with van der Waals surface area (Å²) in [5.41, 5.74) is 1.73. The molecule has 1 aromatic carbocycles. The molecular weight excluding hydrogens is 343 g/mol. The number of carbonyl (C=O) groups is 1. The summed E-state index contributed by atoms with van der Waals surface area (Å²) >= 11 is 2.18. The highest BCUT2D eigenvalue weighted by atomic mass is 127. The fourth-order valence-electron chi connectivity index (χ4n) is 2.06. The van der Waals surface area contributed by atoms with E-state index in [0.717, 1.165) is 22.0 Å². The molecule has 0 saturated carbocycles. The van der Waals surface area contributed by atoms with Crippen molar-refractivity contribution in [3.8, 4) is 0 Å². The van der Waals surface area contributed by atoms with Gasteiger partial charge < -0.3 is 9.47 Å². The van der Waals surface area contributed by atoms with Crippen molar-refractivity contribution >= 4 is 28.6 Å². The van der Waals surface area contributed by atoms with Crippen molar-refractivity contribution in [1.82, 2.24) is 0 Å². The first kappa shape index (κ1) is 13.8. The van der Waals surface area contributed by atoms with Gasteiger partial charge in [-0.05, 0) is 60.9 Å². The monoisotopic (exact) mass is 360 g/mol. The van der Waals surface area contributed by atoms with E-state index in [-0.39, 0.29) is 18.2 Å². The number of aryl methyl sites for hydroxylation is 1. The van der Waals surface area contributed by atoms with Crippen LogP contribution in [0.2, 0.25) is 0 Å². The van der Waals surface area contributed by atoms with Gasteiger partial charge in [0, 0.05) is 3.57 Å². The molecule has 0 bridgehead atoms. The molecule has 1 aliphatic rings. The van der Waals surface area contributed by atoms with E-state index in [1.807, 2.05) is 26.0 Å². The molecule has 0 radical (unpaired) electrons. The minimum atomic E-state index is -0.258. The summed E-state index contributed by atoms with van der Waals surface area (Å²) in [5.74, 6) is -0.258. The Labute approximate surface area is 121 Å². The normalized spacial score (nSPS) is 23.1. The van der Waals surface area contributed by atoms with E-state index in [2.05, 4.69) is 22.6 Å². The number of carbonyl (C=O) groups excluding carboxylic acids is 1. The van der Waals surface area contributed by atoms with Crippen molar-refractivity contribution in [1.29, 1.82) is 0 Å². The van der Waals surface area contributed by atoms with E-state index in [4.69, 9.17) is 9.47 Å². The van der Waals surface area contributed by atoms with Gasteiger partial charge in [-0.1, -0.05) is 12.1 Å². The smallest absolute Gasteiger partial charge is 0.339 e. The molecule has 98 valence electrons. The molecule has 2 rings (SSSR count). The van der Waals surface area contributed by atoms with E-state index >= 15 is 0 Å². The van der Waals surface area contributed by atoms with Gasteiger partial charge in [0.25, 0.3) is 0 Å². The second kappa shape index (κ2) is 6.02. The van der Waals surface area contributed by atoms with Crippen LogP contribution in [0.5, 0.6) is 0 Å². The van der Waals surface area contributed by atoms with Crippen LogP contribution in [0.25, 0.3) is 0 Å². The Morgan fingerprint density at radius 3 is 2.94 bits per heavy atom. The molecule has 1 fully saturated rings. The Bertz CT molecular complexity index is 445. The molecule has 18 heavy (non-hydrogen) atoms. The number of ether oxygens (including phenoxy) is 2. The second-order valence-electron chi connectivity index (χ2n) is 4.68. The Balaban J connectivity index is 1.94. The van der Waals surface area contributed by atoms with Gasteiger partial charge in [-0.3, -0.25) is 0 Å². The zero-order valence-corrected chi connectivity index (χ0v) is 12.8. The molecule has 0 spiro atoms. The van der Waals surface area contributed by atoms with E-state index in [0.29, 0.717) is 12.2 Å². The minimum absolute atomic E-state index is 0.0615. The van der Waals surface area contributed by atoms with Crippen LogP contribution in [0.15, 0.2) is 18.2 Å². The number of halogens is 1. The molecule has 2 atom stereocenters. The SMILES string of the molecule is Cc1cccc(C(=O)OC[C@@H]2CC[C@H](C)O2)c1I. The maximum absolute atomic E-state index is 12.0. The van der Waals surface area contributed by atoms with Gasteiger partial charge in [0.1, 0.15) is 6.61 Å². The van der Waals surface area contributed by atoms with Crippen LogP contribution in [0.3, 0.4) is 0 Å². The van der Waals surface area contributed by atoms with E-state index < -0.39 is 0 Å². The number of esters is 1. The lowest BCUT2D eigenvalue weighted by Gasteiger charge is -2.12. The van der Waals surface area contributed by atoms with Gasteiger partial charge in [-0.25, -0.2) is 4.79 Å². The van der Waals surface area contributed by atoms with Gasteiger partial charge in [0.15, 0.2) is 0 Å². The molecule has 1 aliphatic heterocycles. The van der Waals surface area contributed by atoms with Crippen LogP contribution in [-0.4, -0.2) is 24.8 Å². The summed E-state index contributed by atoms with van der Waals surface area (Å²) in [6, 6.07) is 5.66. The predicted octanol–water partition coefficient (Wildman–Crippen LogP) is 3.32. The second-order valence-corrected chi connectivity index (χ2v) is 5.76. The Morgan fingerprint density at radius 2 is 2.28 bits per heavy atom. The molecular formula is C14H17IO3.